The Morgan fingerprint density at radius 1 is 1.25 bits per heavy atom. The van der Waals surface area contributed by atoms with Crippen molar-refractivity contribution in [2.45, 2.75) is 26.4 Å². The van der Waals surface area contributed by atoms with Gasteiger partial charge in [0.15, 0.2) is 0 Å². The van der Waals surface area contributed by atoms with E-state index in [1.165, 1.54) is 12.1 Å². The van der Waals surface area contributed by atoms with Gasteiger partial charge in [-0.2, -0.15) is 0 Å². The van der Waals surface area contributed by atoms with E-state index in [-0.39, 0.29) is 11.9 Å². The number of nitrogens with one attached hydrogen (secondary N) is 1. The van der Waals surface area contributed by atoms with Crippen LogP contribution >= 0.6 is 0 Å². The zero-order chi connectivity index (χ0) is 12.0. The second kappa shape index (κ2) is 6.43. The third-order valence-corrected chi connectivity index (χ3v) is 2.15. The molecular weight excluding hydrogens is 212 g/mol. The van der Waals surface area contributed by atoms with Gasteiger partial charge in [0.2, 0.25) is 0 Å². The van der Waals surface area contributed by atoms with E-state index in [1.54, 1.807) is 0 Å². The summed E-state index contributed by atoms with van der Waals surface area (Å²) in [4.78, 5) is 0. The number of ether oxygens (including phenoxy) is 1. The van der Waals surface area contributed by atoms with Crippen molar-refractivity contribution in [3.63, 3.8) is 0 Å². The summed E-state index contributed by atoms with van der Waals surface area (Å²) in [5.41, 5.74) is 0. The number of hydrogen-bond acceptors (Lipinski definition) is 2. The molecule has 0 heterocycles. The van der Waals surface area contributed by atoms with Gasteiger partial charge in [0.1, 0.15) is 17.4 Å². The van der Waals surface area contributed by atoms with Crippen molar-refractivity contribution in [1.29, 1.82) is 0 Å². The monoisotopic (exact) mass is 229 g/mol. The van der Waals surface area contributed by atoms with Gasteiger partial charge in [-0.3, -0.25) is 0 Å². The Balaban J connectivity index is 2.45. The molecule has 0 saturated heterocycles. The highest BCUT2D eigenvalue weighted by Crippen LogP contribution is 2.17. The van der Waals surface area contributed by atoms with E-state index in [0.717, 1.165) is 25.6 Å². The zero-order valence-electron chi connectivity index (χ0n) is 9.59. The Hall–Kier alpha value is -1.16. The summed E-state index contributed by atoms with van der Waals surface area (Å²) in [6.45, 7) is 5.63. The van der Waals surface area contributed by atoms with Gasteiger partial charge in [0.25, 0.3) is 0 Å². The summed E-state index contributed by atoms with van der Waals surface area (Å²) in [7, 11) is 0. The average molecular weight is 229 g/mol. The molecular formula is C12H17F2NO. The molecule has 90 valence electrons. The molecule has 0 radical (unpaired) electrons. The summed E-state index contributed by atoms with van der Waals surface area (Å²) < 4.78 is 31.1. The largest absolute Gasteiger partial charge is 0.490 e. The highest BCUT2D eigenvalue weighted by molar-refractivity contribution is 5.23. The first-order valence-electron chi connectivity index (χ1n) is 5.45. The maximum absolute atomic E-state index is 12.9. The summed E-state index contributed by atoms with van der Waals surface area (Å²) in [6, 6.07) is 3.20. The van der Waals surface area contributed by atoms with Crippen LogP contribution in [0.3, 0.4) is 0 Å². The van der Waals surface area contributed by atoms with Crippen LogP contribution in [0.25, 0.3) is 0 Å². The smallest absolute Gasteiger partial charge is 0.129 e. The number of hydrogen-bond donors (Lipinski definition) is 1. The van der Waals surface area contributed by atoms with Gasteiger partial charge in [-0.05, 0) is 26.4 Å². The van der Waals surface area contributed by atoms with Crippen LogP contribution in [-0.4, -0.2) is 19.2 Å². The van der Waals surface area contributed by atoms with Crippen molar-refractivity contribution >= 4 is 0 Å². The normalized spacial score (nSPS) is 12.5. The topological polar surface area (TPSA) is 21.3 Å². The molecule has 2 nitrogen and oxygen atoms in total. The van der Waals surface area contributed by atoms with Crippen LogP contribution in [0.1, 0.15) is 20.3 Å². The van der Waals surface area contributed by atoms with Crippen LogP contribution in [-0.2, 0) is 0 Å². The van der Waals surface area contributed by atoms with Crippen LogP contribution < -0.4 is 10.1 Å². The molecule has 0 saturated carbocycles. The van der Waals surface area contributed by atoms with Gasteiger partial charge in [-0.1, -0.05) is 6.92 Å². The van der Waals surface area contributed by atoms with Crippen LogP contribution in [0.4, 0.5) is 8.78 Å². The molecule has 1 N–H and O–H groups in total. The summed E-state index contributed by atoms with van der Waals surface area (Å²) in [6.07, 6.45) is 0.728. The third-order valence-electron chi connectivity index (χ3n) is 2.15. The lowest BCUT2D eigenvalue weighted by atomic mass is 10.2. The minimum Gasteiger partial charge on any atom is -0.490 e. The van der Waals surface area contributed by atoms with E-state index in [9.17, 15) is 8.78 Å². The average Bonchev–Trinajstić information content (AvgIpc) is 2.16. The van der Waals surface area contributed by atoms with E-state index in [2.05, 4.69) is 5.32 Å². The third kappa shape index (κ3) is 4.57. The molecule has 0 aliphatic carbocycles. The molecule has 1 aromatic carbocycles. The van der Waals surface area contributed by atoms with Crippen molar-refractivity contribution in [3.8, 4) is 5.75 Å². The first-order valence-corrected chi connectivity index (χ1v) is 5.45. The molecule has 1 rings (SSSR count). The quantitative estimate of drug-likeness (QED) is 0.757. The highest BCUT2D eigenvalue weighted by atomic mass is 19.1. The van der Waals surface area contributed by atoms with Gasteiger partial charge in [-0.15, -0.1) is 0 Å². The SMILES string of the molecule is CCNCCC(C)Oc1cc(F)cc(F)c1. The van der Waals surface area contributed by atoms with E-state index in [0.29, 0.717) is 0 Å². The molecule has 1 unspecified atom stereocenters. The Labute approximate surface area is 94.6 Å². The van der Waals surface area contributed by atoms with Gasteiger partial charge >= 0.3 is 0 Å². The summed E-state index contributed by atoms with van der Waals surface area (Å²) in [5.74, 6) is -0.996. The molecule has 0 aliphatic heterocycles. The predicted octanol–water partition coefficient (Wildman–Crippen LogP) is 2.73. The molecule has 0 amide bonds. The van der Waals surface area contributed by atoms with Gasteiger partial charge in [0, 0.05) is 18.2 Å². The lowest BCUT2D eigenvalue weighted by Gasteiger charge is -2.14. The van der Waals surface area contributed by atoms with Gasteiger partial charge in [0.05, 0.1) is 6.10 Å². The zero-order valence-corrected chi connectivity index (χ0v) is 9.59. The maximum atomic E-state index is 12.9. The van der Waals surface area contributed by atoms with Crippen molar-refractivity contribution in [2.24, 2.45) is 0 Å². The molecule has 0 fully saturated rings. The van der Waals surface area contributed by atoms with E-state index in [4.69, 9.17) is 4.74 Å². The van der Waals surface area contributed by atoms with E-state index in [1.807, 2.05) is 13.8 Å². The second-order valence-electron chi connectivity index (χ2n) is 3.68. The lowest BCUT2D eigenvalue weighted by molar-refractivity contribution is 0.208. The van der Waals surface area contributed by atoms with Gasteiger partial charge < -0.3 is 10.1 Å². The standard InChI is InChI=1S/C12H17F2NO/c1-3-15-5-4-9(2)16-12-7-10(13)6-11(14)8-12/h6-9,15H,3-5H2,1-2H3. The Kier molecular flexibility index (Phi) is 5.19. The first-order chi connectivity index (χ1) is 7.61. The minimum atomic E-state index is -0.617. The summed E-state index contributed by atoms with van der Waals surface area (Å²) in [5, 5.41) is 3.16. The van der Waals surface area contributed by atoms with E-state index < -0.39 is 11.6 Å². The molecule has 0 bridgehead atoms. The highest BCUT2D eigenvalue weighted by Gasteiger charge is 2.06. The lowest BCUT2D eigenvalue weighted by Crippen LogP contribution is -2.22. The Morgan fingerprint density at radius 3 is 2.44 bits per heavy atom. The molecule has 1 atom stereocenters. The van der Waals surface area contributed by atoms with Crippen LogP contribution in [0, 0.1) is 11.6 Å². The number of rotatable bonds is 6. The van der Waals surface area contributed by atoms with Crippen molar-refractivity contribution in [3.05, 3.63) is 29.8 Å². The fourth-order valence-electron chi connectivity index (χ4n) is 1.37. The van der Waals surface area contributed by atoms with Crippen molar-refractivity contribution < 1.29 is 13.5 Å². The molecule has 1 aromatic rings. The van der Waals surface area contributed by atoms with Crippen molar-refractivity contribution in [1.82, 2.24) is 5.32 Å². The fraction of sp³-hybridized carbons (Fsp3) is 0.500. The summed E-state index contributed by atoms with van der Waals surface area (Å²) >= 11 is 0. The first kappa shape index (κ1) is 12.9. The van der Waals surface area contributed by atoms with Crippen LogP contribution in [0.5, 0.6) is 5.75 Å². The van der Waals surface area contributed by atoms with Crippen LogP contribution in [0.15, 0.2) is 18.2 Å². The second-order valence-corrected chi connectivity index (χ2v) is 3.68. The molecule has 16 heavy (non-hydrogen) atoms. The molecule has 0 aromatic heterocycles. The molecule has 4 heteroatoms. The van der Waals surface area contributed by atoms with Crippen LogP contribution in [0.2, 0.25) is 0 Å². The predicted molar refractivity (Wildman–Crippen MR) is 59.6 cm³/mol. The maximum Gasteiger partial charge on any atom is 0.129 e. The molecule has 0 spiro atoms. The Bertz CT molecular complexity index is 311. The van der Waals surface area contributed by atoms with Crippen molar-refractivity contribution in [2.75, 3.05) is 13.1 Å². The molecule has 0 aliphatic rings. The Morgan fingerprint density at radius 2 is 1.88 bits per heavy atom. The number of halogens is 2. The number of benzene rings is 1. The minimum absolute atomic E-state index is 0.0692. The fourth-order valence-corrected chi connectivity index (χ4v) is 1.37. The van der Waals surface area contributed by atoms with Gasteiger partial charge in [-0.25, -0.2) is 8.78 Å². The van der Waals surface area contributed by atoms with E-state index >= 15 is 0 Å².